The number of aryl methyl sites for hydroxylation is 2. The Morgan fingerprint density at radius 1 is 1.32 bits per heavy atom. The van der Waals surface area contributed by atoms with Gasteiger partial charge in [-0.15, -0.1) is 0 Å². The van der Waals surface area contributed by atoms with E-state index in [0.29, 0.717) is 12.3 Å². The van der Waals surface area contributed by atoms with Crippen molar-refractivity contribution in [1.82, 2.24) is 10.1 Å². The first-order chi connectivity index (χ1) is 10.3. The van der Waals surface area contributed by atoms with Crippen LogP contribution >= 0.6 is 0 Å². The average Bonchev–Trinajstić information content (AvgIpc) is 2.76. The van der Waals surface area contributed by atoms with Crippen molar-refractivity contribution in [2.75, 3.05) is 11.4 Å². The molecular formula is C17H23N3O2. The van der Waals surface area contributed by atoms with Crippen LogP contribution in [0.4, 0.5) is 5.69 Å². The highest BCUT2D eigenvalue weighted by molar-refractivity contribution is 5.94. The van der Waals surface area contributed by atoms with Crippen molar-refractivity contribution in [3.05, 3.63) is 41.5 Å². The second-order valence-corrected chi connectivity index (χ2v) is 6.73. The smallest absolute Gasteiger partial charge is 0.231 e. The third-order valence-corrected chi connectivity index (χ3v) is 3.40. The van der Waals surface area contributed by atoms with Crippen LogP contribution in [0, 0.1) is 19.3 Å². The van der Waals surface area contributed by atoms with Crippen LogP contribution in [0.15, 0.2) is 29.0 Å². The number of carbonyl (C=O) groups excluding carboxylic acids is 1. The van der Waals surface area contributed by atoms with Gasteiger partial charge in [-0.2, -0.15) is 0 Å². The number of aromatic nitrogens is 2. The molecule has 0 unspecified atom stereocenters. The summed E-state index contributed by atoms with van der Waals surface area (Å²) in [4.78, 5) is 18.7. The fourth-order valence-electron chi connectivity index (χ4n) is 2.31. The van der Waals surface area contributed by atoms with Crippen molar-refractivity contribution in [3.63, 3.8) is 0 Å². The summed E-state index contributed by atoms with van der Waals surface area (Å²) in [6.45, 7) is 10.7. The van der Waals surface area contributed by atoms with Gasteiger partial charge in [0.2, 0.25) is 5.91 Å². The number of amides is 1. The van der Waals surface area contributed by atoms with Crippen molar-refractivity contribution in [2.24, 2.45) is 5.41 Å². The van der Waals surface area contributed by atoms with E-state index in [4.69, 9.17) is 4.52 Å². The Labute approximate surface area is 131 Å². The zero-order valence-corrected chi connectivity index (χ0v) is 13.9. The van der Waals surface area contributed by atoms with E-state index < -0.39 is 0 Å². The minimum Gasteiger partial charge on any atom is -0.361 e. The minimum atomic E-state index is -0.00969. The molecule has 0 bridgehead atoms. The van der Waals surface area contributed by atoms with E-state index in [2.05, 4.69) is 30.9 Å². The van der Waals surface area contributed by atoms with Gasteiger partial charge in [0.1, 0.15) is 5.76 Å². The Bertz CT molecular complexity index is 622. The molecule has 0 aliphatic heterocycles. The van der Waals surface area contributed by atoms with Crippen LogP contribution in [0.1, 0.15) is 37.8 Å². The van der Waals surface area contributed by atoms with Gasteiger partial charge < -0.3 is 9.42 Å². The molecule has 5 nitrogen and oxygen atoms in total. The number of rotatable bonds is 4. The Balaban J connectivity index is 2.27. The van der Waals surface area contributed by atoms with Crippen molar-refractivity contribution in [3.8, 4) is 0 Å². The van der Waals surface area contributed by atoms with E-state index in [0.717, 1.165) is 16.9 Å². The lowest BCUT2D eigenvalue weighted by atomic mass is 9.95. The molecule has 0 aliphatic rings. The number of nitrogens with zero attached hydrogens (tertiary/aromatic N) is 3. The van der Waals surface area contributed by atoms with E-state index in [1.165, 1.54) is 0 Å². The van der Waals surface area contributed by atoms with Gasteiger partial charge in [0.25, 0.3) is 0 Å². The molecule has 0 N–H and O–H groups in total. The second kappa shape index (κ2) is 6.30. The highest BCUT2D eigenvalue weighted by Gasteiger charge is 2.24. The van der Waals surface area contributed by atoms with Crippen LogP contribution in [0.3, 0.4) is 0 Å². The molecule has 0 atom stereocenters. The lowest BCUT2D eigenvalue weighted by Crippen LogP contribution is -2.39. The Hall–Kier alpha value is -2.17. The Morgan fingerprint density at radius 2 is 2.05 bits per heavy atom. The maximum atomic E-state index is 12.8. The van der Waals surface area contributed by atoms with Crippen molar-refractivity contribution < 1.29 is 9.32 Å². The zero-order valence-electron chi connectivity index (χ0n) is 13.9. The van der Waals surface area contributed by atoms with Crippen molar-refractivity contribution in [1.29, 1.82) is 0 Å². The lowest BCUT2D eigenvalue weighted by molar-refractivity contribution is -0.118. The maximum Gasteiger partial charge on any atom is 0.231 e. The molecule has 0 aliphatic carbocycles. The number of carbonyl (C=O) groups is 1. The number of pyridine rings is 1. The zero-order chi connectivity index (χ0) is 16.3. The summed E-state index contributed by atoms with van der Waals surface area (Å²) in [6, 6.07) is 3.75. The third-order valence-electron chi connectivity index (χ3n) is 3.40. The Kier molecular flexibility index (Phi) is 4.64. The molecule has 5 heteroatoms. The molecule has 118 valence electrons. The van der Waals surface area contributed by atoms with Crippen LogP contribution in [0.2, 0.25) is 0 Å². The van der Waals surface area contributed by atoms with Gasteiger partial charge in [-0.3, -0.25) is 9.78 Å². The summed E-state index contributed by atoms with van der Waals surface area (Å²) >= 11 is 0. The predicted molar refractivity (Wildman–Crippen MR) is 85.7 cm³/mol. The molecule has 0 fully saturated rings. The summed E-state index contributed by atoms with van der Waals surface area (Å²) in [5.74, 6) is 0.727. The van der Waals surface area contributed by atoms with Gasteiger partial charge in [0.05, 0.1) is 24.0 Å². The first-order valence-electron chi connectivity index (χ1n) is 7.40. The molecule has 0 spiro atoms. The molecule has 2 aromatic rings. The first kappa shape index (κ1) is 16.2. The van der Waals surface area contributed by atoms with Gasteiger partial charge in [0.15, 0.2) is 0 Å². The van der Waals surface area contributed by atoms with E-state index in [1.807, 2.05) is 26.0 Å². The van der Waals surface area contributed by atoms with Crippen LogP contribution in [-0.2, 0) is 11.2 Å². The largest absolute Gasteiger partial charge is 0.361 e. The van der Waals surface area contributed by atoms with Gasteiger partial charge in [0, 0.05) is 18.3 Å². The first-order valence-corrected chi connectivity index (χ1v) is 7.40. The lowest BCUT2D eigenvalue weighted by Gasteiger charge is -2.30. The molecule has 0 saturated heterocycles. The quantitative estimate of drug-likeness (QED) is 0.869. The summed E-state index contributed by atoms with van der Waals surface area (Å²) < 4.78 is 5.15. The monoisotopic (exact) mass is 301 g/mol. The van der Waals surface area contributed by atoms with Gasteiger partial charge in [-0.25, -0.2) is 0 Å². The molecule has 0 aromatic carbocycles. The normalized spacial score (nSPS) is 11.5. The maximum absolute atomic E-state index is 12.8. The van der Waals surface area contributed by atoms with Crippen molar-refractivity contribution >= 4 is 11.6 Å². The fraction of sp³-hybridized carbons (Fsp3) is 0.471. The summed E-state index contributed by atoms with van der Waals surface area (Å²) in [6.07, 6.45) is 3.71. The molecule has 0 radical (unpaired) electrons. The molecule has 2 heterocycles. The summed E-state index contributed by atoms with van der Waals surface area (Å²) in [7, 11) is 0. The molecule has 22 heavy (non-hydrogen) atoms. The van der Waals surface area contributed by atoms with Crippen LogP contribution in [0.25, 0.3) is 0 Å². The van der Waals surface area contributed by atoms with Crippen molar-refractivity contribution in [2.45, 2.75) is 41.0 Å². The highest BCUT2D eigenvalue weighted by Crippen LogP contribution is 2.23. The van der Waals surface area contributed by atoms with Gasteiger partial charge >= 0.3 is 0 Å². The molecule has 0 saturated carbocycles. The second-order valence-electron chi connectivity index (χ2n) is 6.73. The SMILES string of the molecule is Cc1noc(C)c1CC(=O)N(CC(C)(C)C)c1cccnc1. The van der Waals surface area contributed by atoms with Crippen LogP contribution in [0.5, 0.6) is 0 Å². The fourth-order valence-corrected chi connectivity index (χ4v) is 2.31. The molecule has 2 rings (SSSR count). The van der Waals surface area contributed by atoms with E-state index in [9.17, 15) is 4.79 Å². The third kappa shape index (κ3) is 3.93. The minimum absolute atomic E-state index is 0.00969. The topological polar surface area (TPSA) is 59.2 Å². The Morgan fingerprint density at radius 3 is 2.55 bits per heavy atom. The molecular weight excluding hydrogens is 278 g/mol. The van der Waals surface area contributed by atoms with E-state index in [-0.39, 0.29) is 17.7 Å². The molecule has 2 aromatic heterocycles. The number of hydrogen-bond donors (Lipinski definition) is 0. The van der Waals surface area contributed by atoms with Gasteiger partial charge in [-0.1, -0.05) is 25.9 Å². The number of anilines is 1. The van der Waals surface area contributed by atoms with Crippen LogP contribution < -0.4 is 4.90 Å². The average molecular weight is 301 g/mol. The van der Waals surface area contributed by atoms with Crippen LogP contribution in [-0.4, -0.2) is 22.6 Å². The number of hydrogen-bond acceptors (Lipinski definition) is 4. The van der Waals surface area contributed by atoms with E-state index in [1.54, 1.807) is 17.3 Å². The standard InChI is InChI=1S/C17H23N3O2/c1-12-15(13(2)22-19-12)9-16(21)20(11-17(3,4)5)14-7-6-8-18-10-14/h6-8,10H,9,11H2,1-5H3. The highest BCUT2D eigenvalue weighted by atomic mass is 16.5. The van der Waals surface area contributed by atoms with E-state index >= 15 is 0 Å². The predicted octanol–water partition coefficient (Wildman–Crippen LogP) is 3.31. The van der Waals surface area contributed by atoms with Gasteiger partial charge in [-0.05, 0) is 31.4 Å². The summed E-state index contributed by atoms with van der Waals surface area (Å²) in [5, 5.41) is 3.92. The summed E-state index contributed by atoms with van der Waals surface area (Å²) in [5.41, 5.74) is 2.44. The molecule has 1 amide bonds.